The van der Waals surface area contributed by atoms with Gasteiger partial charge < -0.3 is 9.15 Å². The van der Waals surface area contributed by atoms with Crippen molar-refractivity contribution in [2.75, 3.05) is 7.11 Å². The van der Waals surface area contributed by atoms with Gasteiger partial charge in [0, 0.05) is 0 Å². The standard InChI is InChI=1S/C10H7BrO3/c1-13-10-8(11)9(12)6-4-2-3-5-7(6)14-10/h2-5H,1H3. The summed E-state index contributed by atoms with van der Waals surface area (Å²) in [6.45, 7) is 0. The third-order valence-electron chi connectivity index (χ3n) is 1.90. The van der Waals surface area contributed by atoms with E-state index in [1.165, 1.54) is 7.11 Å². The molecule has 4 heteroatoms. The zero-order valence-electron chi connectivity index (χ0n) is 7.41. The van der Waals surface area contributed by atoms with E-state index in [1.54, 1.807) is 24.3 Å². The molecule has 0 aliphatic carbocycles. The highest BCUT2D eigenvalue weighted by Crippen LogP contribution is 2.25. The predicted molar refractivity (Wildman–Crippen MR) is 56.7 cm³/mol. The smallest absolute Gasteiger partial charge is 0.303 e. The molecule has 0 unspecified atom stereocenters. The number of rotatable bonds is 1. The molecular weight excluding hydrogens is 248 g/mol. The third-order valence-corrected chi connectivity index (χ3v) is 2.58. The van der Waals surface area contributed by atoms with E-state index in [9.17, 15) is 4.79 Å². The van der Waals surface area contributed by atoms with Crippen LogP contribution >= 0.6 is 15.9 Å². The molecule has 1 aromatic heterocycles. The Morgan fingerprint density at radius 3 is 2.79 bits per heavy atom. The lowest BCUT2D eigenvalue weighted by Crippen LogP contribution is -2.03. The first-order chi connectivity index (χ1) is 6.74. The van der Waals surface area contributed by atoms with E-state index in [0.29, 0.717) is 15.4 Å². The maximum atomic E-state index is 11.7. The molecule has 2 aromatic rings. The largest absolute Gasteiger partial charge is 0.468 e. The Bertz CT molecular complexity index is 530. The molecule has 0 fully saturated rings. The van der Waals surface area contributed by atoms with Crippen LogP contribution < -0.4 is 10.2 Å². The van der Waals surface area contributed by atoms with E-state index >= 15 is 0 Å². The maximum Gasteiger partial charge on any atom is 0.303 e. The van der Waals surface area contributed by atoms with Crippen molar-refractivity contribution < 1.29 is 9.15 Å². The van der Waals surface area contributed by atoms with E-state index in [2.05, 4.69) is 15.9 Å². The van der Waals surface area contributed by atoms with Gasteiger partial charge in [-0.1, -0.05) is 12.1 Å². The number of halogens is 1. The van der Waals surface area contributed by atoms with Crippen LogP contribution in [0.1, 0.15) is 0 Å². The fourth-order valence-electron chi connectivity index (χ4n) is 1.23. The molecule has 0 radical (unpaired) electrons. The molecule has 0 aliphatic rings. The summed E-state index contributed by atoms with van der Waals surface area (Å²) in [5.74, 6) is 0.202. The Labute approximate surface area is 88.4 Å². The van der Waals surface area contributed by atoms with Crippen LogP contribution in [0.25, 0.3) is 11.0 Å². The summed E-state index contributed by atoms with van der Waals surface area (Å²) in [6.07, 6.45) is 0. The van der Waals surface area contributed by atoms with Gasteiger partial charge in [0.2, 0.25) is 5.43 Å². The van der Waals surface area contributed by atoms with E-state index in [-0.39, 0.29) is 11.4 Å². The zero-order chi connectivity index (χ0) is 10.1. The number of fused-ring (bicyclic) bond motifs is 1. The fraction of sp³-hybridized carbons (Fsp3) is 0.100. The topological polar surface area (TPSA) is 39.4 Å². The number of para-hydroxylation sites is 1. The monoisotopic (exact) mass is 254 g/mol. The molecule has 0 spiro atoms. The van der Waals surface area contributed by atoms with Crippen LogP contribution in [0.5, 0.6) is 5.95 Å². The van der Waals surface area contributed by atoms with Gasteiger partial charge in [0.25, 0.3) is 0 Å². The van der Waals surface area contributed by atoms with Crippen LogP contribution in [0.15, 0.2) is 37.9 Å². The summed E-state index contributed by atoms with van der Waals surface area (Å²) >= 11 is 3.13. The molecule has 0 amide bonds. The van der Waals surface area contributed by atoms with Crippen molar-refractivity contribution in [3.8, 4) is 5.95 Å². The first kappa shape index (κ1) is 9.27. The molecule has 0 saturated carbocycles. The highest BCUT2D eigenvalue weighted by Gasteiger charge is 2.11. The van der Waals surface area contributed by atoms with Crippen LogP contribution in [0.3, 0.4) is 0 Å². The molecule has 14 heavy (non-hydrogen) atoms. The minimum atomic E-state index is -0.122. The molecular formula is C10H7BrO3. The third kappa shape index (κ3) is 1.32. The van der Waals surface area contributed by atoms with Gasteiger partial charge in [-0.25, -0.2) is 0 Å². The summed E-state index contributed by atoms with van der Waals surface area (Å²) in [4.78, 5) is 11.7. The van der Waals surface area contributed by atoms with Crippen molar-refractivity contribution in [1.29, 1.82) is 0 Å². The first-order valence-corrected chi connectivity index (χ1v) is 4.78. The minimum Gasteiger partial charge on any atom is -0.468 e. The number of hydrogen-bond donors (Lipinski definition) is 0. The average Bonchev–Trinajstić information content (AvgIpc) is 2.23. The Balaban J connectivity index is 2.92. The van der Waals surface area contributed by atoms with Crippen LogP contribution in [0, 0.1) is 0 Å². The number of ether oxygens (including phenoxy) is 1. The van der Waals surface area contributed by atoms with Gasteiger partial charge in [-0.05, 0) is 28.1 Å². The van der Waals surface area contributed by atoms with Crippen LogP contribution in [0.2, 0.25) is 0 Å². The van der Waals surface area contributed by atoms with Crippen molar-refractivity contribution in [2.45, 2.75) is 0 Å². The van der Waals surface area contributed by atoms with Crippen molar-refractivity contribution >= 4 is 26.9 Å². The van der Waals surface area contributed by atoms with Crippen LogP contribution in [-0.4, -0.2) is 7.11 Å². The van der Waals surface area contributed by atoms with Gasteiger partial charge in [0.15, 0.2) is 0 Å². The summed E-state index contributed by atoms with van der Waals surface area (Å²) in [5.41, 5.74) is 0.404. The molecule has 2 rings (SSSR count). The van der Waals surface area contributed by atoms with E-state index in [4.69, 9.17) is 9.15 Å². The Morgan fingerprint density at radius 1 is 1.36 bits per heavy atom. The number of hydrogen-bond acceptors (Lipinski definition) is 3. The molecule has 0 aliphatic heterocycles. The predicted octanol–water partition coefficient (Wildman–Crippen LogP) is 2.56. The molecule has 1 heterocycles. The molecule has 0 atom stereocenters. The van der Waals surface area contributed by atoms with Crippen molar-refractivity contribution in [2.24, 2.45) is 0 Å². The summed E-state index contributed by atoms with van der Waals surface area (Å²) in [6, 6.07) is 7.04. The fourth-order valence-corrected chi connectivity index (χ4v) is 1.69. The van der Waals surface area contributed by atoms with Gasteiger partial charge in [-0.2, -0.15) is 0 Å². The number of methoxy groups -OCH3 is 1. The lowest BCUT2D eigenvalue weighted by molar-refractivity contribution is 0.306. The molecule has 3 nitrogen and oxygen atoms in total. The second-order valence-electron chi connectivity index (χ2n) is 2.73. The zero-order valence-corrected chi connectivity index (χ0v) is 9.00. The molecule has 0 bridgehead atoms. The van der Waals surface area contributed by atoms with Crippen molar-refractivity contribution in [3.05, 3.63) is 39.0 Å². The van der Waals surface area contributed by atoms with E-state index in [1.807, 2.05) is 0 Å². The minimum absolute atomic E-state index is 0.122. The summed E-state index contributed by atoms with van der Waals surface area (Å²) in [7, 11) is 1.46. The van der Waals surface area contributed by atoms with Crippen LogP contribution in [0.4, 0.5) is 0 Å². The Kier molecular flexibility index (Phi) is 2.29. The van der Waals surface area contributed by atoms with Gasteiger partial charge >= 0.3 is 5.95 Å². The highest BCUT2D eigenvalue weighted by atomic mass is 79.9. The lowest BCUT2D eigenvalue weighted by Gasteiger charge is -2.02. The second kappa shape index (κ2) is 3.46. The summed E-state index contributed by atoms with van der Waals surface area (Å²) < 4.78 is 10.6. The van der Waals surface area contributed by atoms with Crippen LogP contribution in [-0.2, 0) is 0 Å². The average molecular weight is 255 g/mol. The Hall–Kier alpha value is -1.29. The summed E-state index contributed by atoms with van der Waals surface area (Å²) in [5, 5.41) is 0.542. The Morgan fingerprint density at radius 2 is 2.07 bits per heavy atom. The molecule has 72 valence electrons. The van der Waals surface area contributed by atoms with Gasteiger partial charge in [0.05, 0.1) is 12.5 Å². The molecule has 0 N–H and O–H groups in total. The second-order valence-corrected chi connectivity index (χ2v) is 3.53. The number of benzene rings is 1. The lowest BCUT2D eigenvalue weighted by atomic mass is 10.2. The maximum absolute atomic E-state index is 11.7. The van der Waals surface area contributed by atoms with Gasteiger partial charge in [-0.15, -0.1) is 0 Å². The van der Waals surface area contributed by atoms with Crippen molar-refractivity contribution in [1.82, 2.24) is 0 Å². The quantitative estimate of drug-likeness (QED) is 0.786. The van der Waals surface area contributed by atoms with Crippen molar-refractivity contribution in [3.63, 3.8) is 0 Å². The highest BCUT2D eigenvalue weighted by molar-refractivity contribution is 9.10. The van der Waals surface area contributed by atoms with Gasteiger partial charge in [0.1, 0.15) is 10.1 Å². The normalized spacial score (nSPS) is 10.4. The van der Waals surface area contributed by atoms with Gasteiger partial charge in [-0.3, -0.25) is 4.79 Å². The van der Waals surface area contributed by atoms with E-state index in [0.717, 1.165) is 0 Å². The van der Waals surface area contributed by atoms with E-state index < -0.39 is 0 Å². The molecule has 1 aromatic carbocycles. The molecule has 0 saturated heterocycles. The SMILES string of the molecule is COc1oc2ccccc2c(=O)c1Br. The first-order valence-electron chi connectivity index (χ1n) is 3.99.